The van der Waals surface area contributed by atoms with Gasteiger partial charge in [0.2, 0.25) is 0 Å². The molecule has 1 saturated carbocycles. The monoisotopic (exact) mass is 380 g/mol. The Kier molecular flexibility index (Phi) is 4.24. The molecule has 2 aromatic heterocycles. The van der Waals surface area contributed by atoms with Gasteiger partial charge >= 0.3 is 6.18 Å². The average Bonchev–Trinajstić information content (AvgIpc) is 3.33. The molecule has 3 aromatic rings. The third kappa shape index (κ3) is 3.40. The summed E-state index contributed by atoms with van der Waals surface area (Å²) in [5.74, 6) is 1.52. The summed E-state index contributed by atoms with van der Waals surface area (Å²) >= 11 is 3.08. The van der Waals surface area contributed by atoms with E-state index in [2.05, 4.69) is 23.0 Å². The lowest BCUT2D eigenvalue weighted by Crippen LogP contribution is -2.03. The highest BCUT2D eigenvalue weighted by Gasteiger charge is 2.31. The quantitative estimate of drug-likeness (QED) is 0.492. The van der Waals surface area contributed by atoms with Gasteiger partial charge in [0.25, 0.3) is 0 Å². The van der Waals surface area contributed by atoms with Crippen LogP contribution >= 0.6 is 23.1 Å². The van der Waals surface area contributed by atoms with Gasteiger partial charge in [-0.25, -0.2) is 4.98 Å². The van der Waals surface area contributed by atoms with Crippen LogP contribution in [0.1, 0.15) is 36.8 Å². The van der Waals surface area contributed by atoms with E-state index in [1.54, 1.807) is 11.8 Å². The van der Waals surface area contributed by atoms with E-state index in [1.165, 1.54) is 35.8 Å². The van der Waals surface area contributed by atoms with Gasteiger partial charge in [0.05, 0.1) is 15.8 Å². The number of halogens is 3. The van der Waals surface area contributed by atoms with Gasteiger partial charge < -0.3 is 0 Å². The number of fused-ring (bicyclic) bond motifs is 1. The number of hydrogen-bond donors (Lipinski definition) is 0. The maximum absolute atomic E-state index is 12.9. The van der Waals surface area contributed by atoms with Crippen molar-refractivity contribution >= 4 is 33.3 Å². The molecule has 7 heteroatoms. The van der Waals surface area contributed by atoms with Crippen molar-refractivity contribution in [3.05, 3.63) is 41.6 Å². The Morgan fingerprint density at radius 1 is 1.24 bits per heavy atom. The van der Waals surface area contributed by atoms with Gasteiger partial charge in [-0.15, -0.1) is 23.1 Å². The molecule has 0 N–H and O–H groups in total. The van der Waals surface area contributed by atoms with Gasteiger partial charge in [0.15, 0.2) is 0 Å². The molecule has 4 rings (SSSR count). The van der Waals surface area contributed by atoms with Crippen molar-refractivity contribution in [2.75, 3.05) is 5.75 Å². The summed E-state index contributed by atoms with van der Waals surface area (Å²) in [5, 5.41) is 0.674. The lowest BCUT2D eigenvalue weighted by atomic mass is 10.2. The van der Waals surface area contributed by atoms with Crippen LogP contribution in [0.15, 0.2) is 35.4 Å². The van der Waals surface area contributed by atoms with Crippen LogP contribution in [0.5, 0.6) is 0 Å². The Balaban J connectivity index is 1.78. The average molecular weight is 380 g/mol. The minimum Gasteiger partial charge on any atom is -0.252 e. The summed E-state index contributed by atoms with van der Waals surface area (Å²) in [6.45, 7) is 2.08. The molecule has 1 aliphatic carbocycles. The van der Waals surface area contributed by atoms with E-state index in [0.717, 1.165) is 33.2 Å². The number of pyridine rings is 1. The summed E-state index contributed by atoms with van der Waals surface area (Å²) < 4.78 is 39.4. The minimum atomic E-state index is -4.36. The number of hydrogen-bond acceptors (Lipinski definition) is 4. The number of aromatic nitrogens is 2. The minimum absolute atomic E-state index is 0.371. The number of thioether (sulfide) groups is 1. The third-order valence-electron chi connectivity index (χ3n) is 4.14. The highest BCUT2D eigenvalue weighted by atomic mass is 32.2. The molecule has 0 bridgehead atoms. The molecule has 2 nitrogen and oxygen atoms in total. The summed E-state index contributed by atoms with van der Waals surface area (Å²) in [6, 6.07) is 5.88. The van der Waals surface area contributed by atoms with Crippen LogP contribution in [0.2, 0.25) is 0 Å². The second kappa shape index (κ2) is 6.29. The van der Waals surface area contributed by atoms with Gasteiger partial charge in [-0.3, -0.25) is 4.98 Å². The van der Waals surface area contributed by atoms with Crippen LogP contribution < -0.4 is 0 Å². The fraction of sp³-hybridized carbons (Fsp3) is 0.333. The van der Waals surface area contributed by atoms with Gasteiger partial charge in [-0.2, -0.15) is 13.2 Å². The molecular formula is C18H15F3N2S2. The largest absolute Gasteiger partial charge is 0.416 e. The molecule has 0 spiro atoms. The summed E-state index contributed by atoms with van der Waals surface area (Å²) in [4.78, 5) is 10.1. The molecule has 2 heterocycles. The first-order valence-electron chi connectivity index (χ1n) is 8.06. The molecule has 0 aliphatic heterocycles. The second-order valence-electron chi connectivity index (χ2n) is 6.02. The molecule has 0 saturated heterocycles. The molecule has 1 aliphatic rings. The molecule has 1 aromatic carbocycles. The van der Waals surface area contributed by atoms with E-state index in [0.29, 0.717) is 16.4 Å². The first-order chi connectivity index (χ1) is 12.0. The van der Waals surface area contributed by atoms with Crippen LogP contribution in [0.25, 0.3) is 20.9 Å². The first kappa shape index (κ1) is 16.8. The molecule has 25 heavy (non-hydrogen) atoms. The van der Waals surface area contributed by atoms with Crippen LogP contribution in [0.4, 0.5) is 13.2 Å². The van der Waals surface area contributed by atoms with Crippen molar-refractivity contribution in [2.45, 2.75) is 36.8 Å². The van der Waals surface area contributed by atoms with Gasteiger partial charge in [0, 0.05) is 11.1 Å². The maximum Gasteiger partial charge on any atom is 0.416 e. The molecule has 1 fully saturated rings. The van der Waals surface area contributed by atoms with Crippen molar-refractivity contribution in [2.24, 2.45) is 0 Å². The van der Waals surface area contributed by atoms with Crippen molar-refractivity contribution in [1.82, 2.24) is 9.97 Å². The summed E-state index contributed by atoms with van der Waals surface area (Å²) in [7, 11) is 0. The zero-order valence-corrected chi connectivity index (χ0v) is 15.1. The molecular weight excluding hydrogens is 365 g/mol. The SMILES string of the molecule is CCSc1cc(C2CC2)cnc1-c1nc2cc(C(F)(F)F)ccc2s1. The van der Waals surface area contributed by atoms with Gasteiger partial charge in [-0.1, -0.05) is 6.92 Å². The number of nitrogens with zero attached hydrogens (tertiary/aromatic N) is 2. The van der Waals surface area contributed by atoms with E-state index in [9.17, 15) is 13.2 Å². The van der Waals surface area contributed by atoms with Gasteiger partial charge in [0.1, 0.15) is 10.7 Å². The fourth-order valence-electron chi connectivity index (χ4n) is 2.73. The van der Waals surface area contributed by atoms with Crippen molar-refractivity contribution in [3.63, 3.8) is 0 Å². The Labute approximate surface area is 151 Å². The van der Waals surface area contributed by atoms with Crippen LogP contribution in [0.3, 0.4) is 0 Å². The highest BCUT2D eigenvalue weighted by Crippen LogP contribution is 2.43. The number of benzene rings is 1. The van der Waals surface area contributed by atoms with Crippen molar-refractivity contribution in [1.29, 1.82) is 0 Å². The zero-order valence-electron chi connectivity index (χ0n) is 13.4. The van der Waals surface area contributed by atoms with Crippen molar-refractivity contribution in [3.8, 4) is 10.7 Å². The molecule has 0 radical (unpaired) electrons. The molecule has 130 valence electrons. The predicted molar refractivity (Wildman–Crippen MR) is 96.2 cm³/mol. The summed E-state index contributed by atoms with van der Waals surface area (Å²) in [5.41, 5.74) is 1.72. The van der Waals surface area contributed by atoms with Gasteiger partial charge in [-0.05, 0) is 54.3 Å². The summed E-state index contributed by atoms with van der Waals surface area (Å²) in [6.07, 6.45) is -0.0531. The van der Waals surface area contributed by atoms with Crippen LogP contribution in [-0.2, 0) is 6.18 Å². The van der Waals surface area contributed by atoms with Crippen LogP contribution in [-0.4, -0.2) is 15.7 Å². The Hall–Kier alpha value is -1.60. The Morgan fingerprint density at radius 3 is 2.72 bits per heavy atom. The third-order valence-corrected chi connectivity index (χ3v) is 6.09. The topological polar surface area (TPSA) is 25.8 Å². The molecule has 0 amide bonds. The lowest BCUT2D eigenvalue weighted by molar-refractivity contribution is -0.137. The first-order valence-corrected chi connectivity index (χ1v) is 9.87. The van der Waals surface area contributed by atoms with Crippen LogP contribution in [0, 0.1) is 0 Å². The Morgan fingerprint density at radius 2 is 2.04 bits per heavy atom. The van der Waals surface area contributed by atoms with E-state index < -0.39 is 11.7 Å². The molecule has 0 unspecified atom stereocenters. The molecule has 0 atom stereocenters. The smallest absolute Gasteiger partial charge is 0.252 e. The lowest BCUT2D eigenvalue weighted by Gasteiger charge is -2.07. The normalized spacial score (nSPS) is 15.0. The standard InChI is InChI=1S/C18H15F3N2S2/c1-2-24-15-7-11(10-3-4-10)9-22-16(15)17-23-13-8-12(18(19,20)21)5-6-14(13)25-17/h5-10H,2-4H2,1H3. The predicted octanol–water partition coefficient (Wildman–Crippen LogP) is 6.37. The second-order valence-corrected chi connectivity index (χ2v) is 8.36. The zero-order chi connectivity index (χ0) is 17.6. The Bertz CT molecular complexity index is 930. The van der Waals surface area contributed by atoms with Crippen molar-refractivity contribution < 1.29 is 13.2 Å². The van der Waals surface area contributed by atoms with E-state index in [1.807, 2.05) is 6.20 Å². The number of rotatable bonds is 4. The van der Waals surface area contributed by atoms with E-state index in [4.69, 9.17) is 0 Å². The number of thiazole rings is 1. The van der Waals surface area contributed by atoms with E-state index >= 15 is 0 Å². The van der Waals surface area contributed by atoms with E-state index in [-0.39, 0.29) is 0 Å². The highest BCUT2D eigenvalue weighted by molar-refractivity contribution is 7.99. The maximum atomic E-state index is 12.9. The number of alkyl halides is 3. The fourth-order valence-corrected chi connectivity index (χ4v) is 4.57.